The zero-order valence-electron chi connectivity index (χ0n) is 8.19. The van der Waals surface area contributed by atoms with Crippen molar-refractivity contribution in [1.82, 2.24) is 0 Å². The lowest BCUT2D eigenvalue weighted by Gasteiger charge is -2.21. The van der Waals surface area contributed by atoms with Crippen LogP contribution in [0, 0.1) is 11.3 Å². The van der Waals surface area contributed by atoms with E-state index in [-0.39, 0.29) is 11.7 Å². The molecule has 74 valence electrons. The maximum absolute atomic E-state index is 8.68. The number of hydrogen-bond acceptors (Lipinski definition) is 3. The molecule has 1 aliphatic rings. The molecule has 1 aliphatic heterocycles. The number of rotatable bonds is 2. The summed E-state index contributed by atoms with van der Waals surface area (Å²) in [7, 11) is 0. The molecule has 1 saturated heterocycles. The fourth-order valence-electron chi connectivity index (χ4n) is 1.89. The lowest BCUT2D eigenvalue weighted by molar-refractivity contribution is -0.0260. The zero-order valence-corrected chi connectivity index (χ0v) is 9.01. The molecule has 0 bridgehead atoms. The molecule has 1 fully saturated rings. The summed E-state index contributed by atoms with van der Waals surface area (Å²) < 4.78 is 5.92. The van der Waals surface area contributed by atoms with Crippen molar-refractivity contribution in [2.75, 3.05) is 0 Å². The molecule has 2 atom stereocenters. The number of ether oxygens (including phenoxy) is 1. The van der Waals surface area contributed by atoms with Gasteiger partial charge in [-0.2, -0.15) is 16.6 Å². The number of hydrogen-bond donors (Lipinski definition) is 0. The van der Waals surface area contributed by atoms with Gasteiger partial charge in [0.2, 0.25) is 0 Å². The van der Waals surface area contributed by atoms with Crippen LogP contribution >= 0.6 is 11.3 Å². The fourth-order valence-corrected chi connectivity index (χ4v) is 2.59. The van der Waals surface area contributed by atoms with E-state index in [1.807, 2.05) is 6.92 Å². The first kappa shape index (κ1) is 9.70. The van der Waals surface area contributed by atoms with Gasteiger partial charge in [-0.25, -0.2) is 0 Å². The van der Waals surface area contributed by atoms with E-state index in [0.717, 1.165) is 12.8 Å². The maximum Gasteiger partial charge on any atom is 0.0841 e. The van der Waals surface area contributed by atoms with Gasteiger partial charge in [0.1, 0.15) is 0 Å². The van der Waals surface area contributed by atoms with Crippen LogP contribution in [0.2, 0.25) is 0 Å². The predicted octanol–water partition coefficient (Wildman–Crippen LogP) is 3.27. The summed E-state index contributed by atoms with van der Waals surface area (Å²) >= 11 is 1.69. The summed E-state index contributed by atoms with van der Waals surface area (Å²) in [5, 5.41) is 12.9. The van der Waals surface area contributed by atoms with Crippen molar-refractivity contribution < 1.29 is 4.74 Å². The number of nitriles is 1. The van der Waals surface area contributed by atoms with Crippen molar-refractivity contribution in [3.05, 3.63) is 22.4 Å². The van der Waals surface area contributed by atoms with Gasteiger partial charge in [0, 0.05) is 0 Å². The van der Waals surface area contributed by atoms with E-state index in [1.54, 1.807) is 11.3 Å². The Hall–Kier alpha value is -0.850. The van der Waals surface area contributed by atoms with Crippen LogP contribution < -0.4 is 0 Å². The predicted molar refractivity (Wildman–Crippen MR) is 56.0 cm³/mol. The van der Waals surface area contributed by atoms with Crippen LogP contribution in [0.3, 0.4) is 0 Å². The van der Waals surface area contributed by atoms with E-state index in [4.69, 9.17) is 10.00 Å². The van der Waals surface area contributed by atoms with Crippen molar-refractivity contribution in [3.63, 3.8) is 0 Å². The normalized spacial score (nSPS) is 31.6. The van der Waals surface area contributed by atoms with Gasteiger partial charge in [-0.15, -0.1) is 0 Å². The van der Waals surface area contributed by atoms with Crippen LogP contribution in [0.15, 0.2) is 16.8 Å². The molecule has 3 heteroatoms. The van der Waals surface area contributed by atoms with Crippen molar-refractivity contribution in [2.24, 2.45) is 0 Å². The second-order valence-corrected chi connectivity index (χ2v) is 4.77. The molecule has 0 amide bonds. The Bertz CT molecular complexity index is 341. The van der Waals surface area contributed by atoms with Crippen LogP contribution in [0.1, 0.15) is 37.9 Å². The maximum atomic E-state index is 8.68. The average molecular weight is 207 g/mol. The Labute approximate surface area is 88.1 Å². The minimum Gasteiger partial charge on any atom is -0.366 e. The third-order valence-corrected chi connectivity index (χ3v) is 3.43. The van der Waals surface area contributed by atoms with Gasteiger partial charge in [-0.1, -0.05) is 0 Å². The largest absolute Gasteiger partial charge is 0.366 e. The van der Waals surface area contributed by atoms with Crippen molar-refractivity contribution in [3.8, 4) is 6.07 Å². The van der Waals surface area contributed by atoms with Crippen LogP contribution in [0.5, 0.6) is 0 Å². The minimum absolute atomic E-state index is 0.208. The number of thiophene rings is 1. The molecule has 1 aromatic rings. The SMILES string of the molecule is CC1(CC#N)CCC(c2ccsc2)O1. The third-order valence-electron chi connectivity index (χ3n) is 2.73. The van der Waals surface area contributed by atoms with Gasteiger partial charge >= 0.3 is 0 Å². The first-order valence-corrected chi connectivity index (χ1v) is 5.75. The molecule has 0 saturated carbocycles. The molecule has 2 nitrogen and oxygen atoms in total. The second kappa shape index (κ2) is 3.72. The highest BCUT2D eigenvalue weighted by atomic mass is 32.1. The molecule has 0 radical (unpaired) electrons. The van der Waals surface area contributed by atoms with Gasteiger partial charge < -0.3 is 4.74 Å². The standard InChI is InChI=1S/C11H13NOS/c1-11(5-6-12)4-2-10(13-11)9-3-7-14-8-9/h3,7-8,10H,2,4-5H2,1H3. The molecule has 2 unspecified atom stereocenters. The van der Waals surface area contributed by atoms with E-state index < -0.39 is 0 Å². The van der Waals surface area contributed by atoms with Gasteiger partial charge in [-0.3, -0.25) is 0 Å². The fraction of sp³-hybridized carbons (Fsp3) is 0.545. The molecule has 0 aromatic carbocycles. The quantitative estimate of drug-likeness (QED) is 0.745. The summed E-state index contributed by atoms with van der Waals surface area (Å²) in [4.78, 5) is 0. The Morgan fingerprint density at radius 1 is 1.79 bits per heavy atom. The summed E-state index contributed by atoms with van der Waals surface area (Å²) in [6.45, 7) is 2.03. The summed E-state index contributed by atoms with van der Waals surface area (Å²) in [6.07, 6.45) is 2.73. The zero-order chi connectivity index (χ0) is 10.0. The van der Waals surface area contributed by atoms with Crippen LogP contribution in [0.4, 0.5) is 0 Å². The van der Waals surface area contributed by atoms with E-state index in [0.29, 0.717) is 6.42 Å². The van der Waals surface area contributed by atoms with Crippen molar-refractivity contribution in [1.29, 1.82) is 5.26 Å². The average Bonchev–Trinajstić information content (AvgIpc) is 2.73. The molecule has 2 rings (SSSR count). The molecule has 1 aromatic heterocycles. The Kier molecular flexibility index (Phi) is 2.58. The molecule has 14 heavy (non-hydrogen) atoms. The topological polar surface area (TPSA) is 33.0 Å². The van der Waals surface area contributed by atoms with E-state index in [9.17, 15) is 0 Å². The van der Waals surface area contributed by atoms with Crippen molar-refractivity contribution >= 4 is 11.3 Å². The second-order valence-electron chi connectivity index (χ2n) is 3.99. The summed E-state index contributed by atoms with van der Waals surface area (Å²) in [5.74, 6) is 0. The summed E-state index contributed by atoms with van der Waals surface area (Å²) in [5.41, 5.74) is 1.04. The first-order valence-electron chi connectivity index (χ1n) is 4.80. The van der Waals surface area contributed by atoms with Crippen LogP contribution in [-0.2, 0) is 4.74 Å². The lowest BCUT2D eigenvalue weighted by atomic mass is 9.98. The van der Waals surface area contributed by atoms with Crippen LogP contribution in [-0.4, -0.2) is 5.60 Å². The highest BCUT2D eigenvalue weighted by Crippen LogP contribution is 2.41. The number of nitrogens with zero attached hydrogens (tertiary/aromatic N) is 1. The smallest absolute Gasteiger partial charge is 0.0841 e. The molecule has 0 spiro atoms. The molecule has 0 N–H and O–H groups in total. The highest BCUT2D eigenvalue weighted by Gasteiger charge is 2.36. The lowest BCUT2D eigenvalue weighted by Crippen LogP contribution is -2.22. The molecular weight excluding hydrogens is 194 g/mol. The minimum atomic E-state index is -0.221. The molecule has 2 heterocycles. The Morgan fingerprint density at radius 2 is 2.64 bits per heavy atom. The van der Waals surface area contributed by atoms with E-state index in [1.165, 1.54) is 5.56 Å². The Morgan fingerprint density at radius 3 is 3.29 bits per heavy atom. The van der Waals surface area contributed by atoms with E-state index >= 15 is 0 Å². The van der Waals surface area contributed by atoms with Gasteiger partial charge in [-0.05, 0) is 42.2 Å². The van der Waals surface area contributed by atoms with Gasteiger partial charge in [0.15, 0.2) is 0 Å². The van der Waals surface area contributed by atoms with Crippen LogP contribution in [0.25, 0.3) is 0 Å². The molecular formula is C11H13NOS. The highest BCUT2D eigenvalue weighted by molar-refractivity contribution is 7.07. The molecule has 0 aliphatic carbocycles. The van der Waals surface area contributed by atoms with Crippen molar-refractivity contribution in [2.45, 2.75) is 37.9 Å². The first-order chi connectivity index (χ1) is 6.73. The van der Waals surface area contributed by atoms with Gasteiger partial charge in [0.25, 0.3) is 0 Å². The Balaban J connectivity index is 2.05. The monoisotopic (exact) mass is 207 g/mol. The third kappa shape index (κ3) is 1.82. The van der Waals surface area contributed by atoms with Gasteiger partial charge in [0.05, 0.1) is 24.2 Å². The van der Waals surface area contributed by atoms with E-state index in [2.05, 4.69) is 22.9 Å². The summed E-state index contributed by atoms with van der Waals surface area (Å²) in [6, 6.07) is 4.30.